The first-order valence-corrected chi connectivity index (χ1v) is 12.5. The predicted octanol–water partition coefficient (Wildman–Crippen LogP) is 4.70. The number of aryl methyl sites for hydroxylation is 1. The second kappa shape index (κ2) is 10.2. The van der Waals surface area contributed by atoms with Crippen molar-refractivity contribution in [3.63, 3.8) is 0 Å². The number of methoxy groups -OCH3 is 1. The largest absolute Gasteiger partial charge is 0.492 e. The van der Waals surface area contributed by atoms with E-state index in [0.717, 1.165) is 37.0 Å². The number of thiophene rings is 1. The molecule has 3 heterocycles. The molecule has 3 aromatic heterocycles. The molecule has 0 aliphatic heterocycles. The number of halogens is 1. The number of hydrogen-bond donors (Lipinski definition) is 3. The average molecular weight is 529 g/mol. The van der Waals surface area contributed by atoms with E-state index in [1.165, 1.54) is 30.6 Å². The molecule has 1 saturated carbocycles. The molecule has 1 aliphatic carbocycles. The van der Waals surface area contributed by atoms with Crippen LogP contribution < -0.4 is 14.9 Å². The number of carbonyl (C=O) groups excluding carboxylic acids is 1. The van der Waals surface area contributed by atoms with Gasteiger partial charge >= 0.3 is 5.97 Å². The Hall–Kier alpha value is -3.90. The number of ether oxygens (including phenoxy) is 2. The first-order chi connectivity index (χ1) is 17.9. The summed E-state index contributed by atoms with van der Waals surface area (Å²) in [5.74, 6) is -1.36. The van der Waals surface area contributed by atoms with Crippen LogP contribution in [0.15, 0.2) is 36.7 Å². The average Bonchev–Trinajstić information content (AvgIpc) is 3.40. The number of nitrogens with one attached hydrogen (secondary N) is 1. The molecule has 0 amide bonds. The minimum Gasteiger partial charge on any atom is -0.492 e. The highest BCUT2D eigenvalue weighted by Gasteiger charge is 2.28. The van der Waals surface area contributed by atoms with Crippen LogP contribution in [0.25, 0.3) is 10.2 Å². The van der Waals surface area contributed by atoms with Crippen LogP contribution in [0.1, 0.15) is 40.9 Å². The van der Waals surface area contributed by atoms with Gasteiger partial charge in [-0.25, -0.2) is 19.2 Å². The molecule has 0 spiro atoms. The number of fused-ring (bicyclic) bond motifs is 1. The lowest BCUT2D eigenvalue weighted by Crippen LogP contribution is -2.36. The van der Waals surface area contributed by atoms with E-state index >= 15 is 0 Å². The molecule has 37 heavy (non-hydrogen) atoms. The van der Waals surface area contributed by atoms with Gasteiger partial charge in [0, 0.05) is 25.3 Å². The summed E-state index contributed by atoms with van der Waals surface area (Å²) in [6.45, 7) is 1.71. The van der Waals surface area contributed by atoms with Gasteiger partial charge in [0.15, 0.2) is 0 Å². The first kappa shape index (κ1) is 24.8. The summed E-state index contributed by atoms with van der Waals surface area (Å²) in [5.41, 5.74) is 1.04. The lowest BCUT2D eigenvalue weighted by Gasteiger charge is -2.31. The van der Waals surface area contributed by atoms with E-state index in [4.69, 9.17) is 14.3 Å². The summed E-state index contributed by atoms with van der Waals surface area (Å²) in [7, 11) is 1.65. The third-order valence-corrected chi connectivity index (χ3v) is 7.48. The molecule has 194 valence electrons. The van der Waals surface area contributed by atoms with Gasteiger partial charge < -0.3 is 29.8 Å². The number of rotatable bonds is 7. The first-order valence-electron chi connectivity index (χ1n) is 11.7. The Morgan fingerprint density at radius 1 is 1.14 bits per heavy atom. The van der Waals surface area contributed by atoms with Gasteiger partial charge in [-0.3, -0.25) is 0 Å². The third-order valence-electron chi connectivity index (χ3n) is 6.30. The summed E-state index contributed by atoms with van der Waals surface area (Å²) < 4.78 is 26.6. The zero-order valence-electron chi connectivity index (χ0n) is 20.1. The quantitative estimate of drug-likeness (QED) is 0.313. The van der Waals surface area contributed by atoms with Crippen molar-refractivity contribution in [2.75, 3.05) is 12.4 Å². The van der Waals surface area contributed by atoms with E-state index in [9.17, 15) is 19.4 Å². The Kier molecular flexibility index (Phi) is 6.85. The summed E-state index contributed by atoms with van der Waals surface area (Å²) in [6, 6.07) is 6.59. The Labute approximate surface area is 215 Å². The Bertz CT molecular complexity index is 1440. The highest BCUT2D eigenvalue weighted by atomic mass is 32.1. The maximum atomic E-state index is 14.2. The number of aromatic nitrogens is 3. The van der Waals surface area contributed by atoms with Crippen LogP contribution in [0.4, 0.5) is 15.9 Å². The lowest BCUT2D eigenvalue weighted by molar-refractivity contribution is -0.0227. The molecular formula is C25H25FN4O6S. The van der Waals surface area contributed by atoms with E-state index < -0.39 is 23.5 Å². The Morgan fingerprint density at radius 2 is 1.86 bits per heavy atom. The van der Waals surface area contributed by atoms with Gasteiger partial charge in [0.05, 0.1) is 17.2 Å². The number of hydrogen-bond acceptors (Lipinski definition) is 10. The molecule has 3 N–H and O–H groups in total. The van der Waals surface area contributed by atoms with Crippen LogP contribution in [0, 0.1) is 12.7 Å². The third kappa shape index (κ3) is 4.89. The molecule has 0 saturated heterocycles. The van der Waals surface area contributed by atoms with Crippen LogP contribution in [0.2, 0.25) is 0 Å². The number of aromatic hydroxyl groups is 2. The van der Waals surface area contributed by atoms with Crippen molar-refractivity contribution in [2.24, 2.45) is 0 Å². The summed E-state index contributed by atoms with van der Waals surface area (Å²) in [6.07, 6.45) is 4.79. The van der Waals surface area contributed by atoms with Crippen molar-refractivity contribution in [1.29, 1.82) is 0 Å². The van der Waals surface area contributed by atoms with Gasteiger partial charge in [-0.1, -0.05) is 6.42 Å². The van der Waals surface area contributed by atoms with Crippen molar-refractivity contribution < 1.29 is 33.7 Å². The summed E-state index contributed by atoms with van der Waals surface area (Å²) in [5, 5.41) is 23.4. The maximum Gasteiger partial charge on any atom is 0.374 e. The van der Waals surface area contributed by atoms with E-state index in [1.54, 1.807) is 20.1 Å². The van der Waals surface area contributed by atoms with E-state index in [0.29, 0.717) is 37.8 Å². The van der Waals surface area contributed by atoms with Crippen molar-refractivity contribution in [3.05, 3.63) is 52.9 Å². The van der Waals surface area contributed by atoms with Crippen LogP contribution in [0.3, 0.4) is 0 Å². The molecule has 0 bridgehead atoms. The zero-order valence-corrected chi connectivity index (χ0v) is 20.9. The van der Waals surface area contributed by atoms with Gasteiger partial charge in [0.1, 0.15) is 39.5 Å². The van der Waals surface area contributed by atoms with Crippen molar-refractivity contribution in [2.45, 2.75) is 44.8 Å². The fourth-order valence-corrected chi connectivity index (χ4v) is 5.46. The van der Waals surface area contributed by atoms with Crippen molar-refractivity contribution >= 4 is 39.0 Å². The van der Waals surface area contributed by atoms with Crippen LogP contribution in [-0.2, 0) is 4.74 Å². The number of benzene rings is 1. The molecule has 4 aromatic rings. The van der Waals surface area contributed by atoms with Crippen LogP contribution in [-0.4, -0.2) is 50.2 Å². The van der Waals surface area contributed by atoms with Gasteiger partial charge in [0.2, 0.25) is 11.8 Å². The fraction of sp³-hybridized carbons (Fsp3) is 0.320. The molecule has 2 unspecified atom stereocenters. The molecule has 1 aliphatic rings. The van der Waals surface area contributed by atoms with Gasteiger partial charge in [-0.05, 0) is 43.9 Å². The van der Waals surface area contributed by atoms with E-state index in [-0.39, 0.29) is 17.1 Å². The van der Waals surface area contributed by atoms with Crippen LogP contribution >= 0.6 is 11.3 Å². The molecular weight excluding hydrogens is 503 g/mol. The smallest absolute Gasteiger partial charge is 0.374 e. The highest BCUT2D eigenvalue weighted by molar-refractivity contribution is 7.20. The zero-order chi connectivity index (χ0) is 26.1. The van der Waals surface area contributed by atoms with Gasteiger partial charge in [-0.2, -0.15) is 0 Å². The summed E-state index contributed by atoms with van der Waals surface area (Å²) >= 11 is 1.08. The molecule has 5 rings (SSSR count). The second-order valence-corrected chi connectivity index (χ2v) is 9.66. The number of nitrogens with zero attached hydrogens (tertiary/aromatic N) is 3. The van der Waals surface area contributed by atoms with Gasteiger partial charge in [-0.15, -0.1) is 16.1 Å². The highest BCUT2D eigenvalue weighted by Crippen LogP contribution is 2.38. The van der Waals surface area contributed by atoms with Crippen molar-refractivity contribution in [1.82, 2.24) is 14.7 Å². The molecule has 12 heteroatoms. The van der Waals surface area contributed by atoms with E-state index in [1.807, 2.05) is 0 Å². The van der Waals surface area contributed by atoms with Gasteiger partial charge in [0.25, 0.3) is 0 Å². The minimum atomic E-state index is -0.790. The Morgan fingerprint density at radius 3 is 2.59 bits per heavy atom. The number of carbonyl (C=O) groups is 1. The molecule has 1 fully saturated rings. The van der Waals surface area contributed by atoms with E-state index in [2.05, 4.69) is 15.3 Å². The standard InChI is InChI=1S/C25H25FN4O6S/c1-13-21-23(27-12-28-24(21)37-22(13)25(33)36-30-19(31)9-10-20(30)32)29-15-8-7-14(26)11-18(15)35-17-6-4-3-5-16(17)34-2/h7-12,16-17,31-32H,3-6H2,1-2H3,(H,27,28,29). The summed E-state index contributed by atoms with van der Waals surface area (Å²) in [4.78, 5) is 27.4. The topological polar surface area (TPSA) is 128 Å². The fourth-order valence-electron chi connectivity index (χ4n) is 4.44. The minimum absolute atomic E-state index is 0.0810. The second-order valence-electron chi connectivity index (χ2n) is 8.66. The van der Waals surface area contributed by atoms with Crippen molar-refractivity contribution in [3.8, 4) is 17.5 Å². The number of anilines is 2. The van der Waals surface area contributed by atoms with Crippen LogP contribution in [0.5, 0.6) is 17.5 Å². The lowest BCUT2D eigenvalue weighted by atomic mass is 9.94. The molecule has 2 atom stereocenters. The SMILES string of the molecule is COC1CCCCC1Oc1cc(F)ccc1Nc1ncnc2sc(C(=O)On3c(O)ccc3O)c(C)c12. The Balaban J connectivity index is 1.46. The predicted molar refractivity (Wildman–Crippen MR) is 134 cm³/mol. The molecule has 1 aromatic carbocycles. The molecule has 10 nitrogen and oxygen atoms in total. The normalized spacial score (nSPS) is 17.6. The molecule has 0 radical (unpaired) electrons. The maximum absolute atomic E-state index is 14.2. The monoisotopic (exact) mass is 528 g/mol.